The Morgan fingerprint density at radius 1 is 1.44 bits per heavy atom. The van der Waals surface area contributed by atoms with Gasteiger partial charge in [0.15, 0.2) is 11.5 Å². The minimum absolute atomic E-state index is 0.125. The number of ether oxygens (including phenoxy) is 2. The van der Waals surface area contributed by atoms with Crippen molar-refractivity contribution < 1.29 is 19.4 Å². The van der Waals surface area contributed by atoms with Gasteiger partial charge < -0.3 is 14.6 Å². The van der Waals surface area contributed by atoms with E-state index < -0.39 is 0 Å². The quantitative estimate of drug-likeness (QED) is 0.830. The van der Waals surface area contributed by atoms with Crippen LogP contribution in [0.25, 0.3) is 5.70 Å². The van der Waals surface area contributed by atoms with E-state index in [1.54, 1.807) is 12.1 Å². The first-order valence-electron chi connectivity index (χ1n) is 5.84. The molecular weight excluding hydrogens is 234 g/mol. The van der Waals surface area contributed by atoms with Crippen LogP contribution in [0.1, 0.15) is 12.0 Å². The number of hydrogen-bond donors (Lipinski definition) is 2. The molecule has 0 saturated carbocycles. The predicted molar refractivity (Wildman–Crippen MR) is 65.0 cm³/mol. The summed E-state index contributed by atoms with van der Waals surface area (Å²) in [7, 11) is 1.53. The highest BCUT2D eigenvalue weighted by Gasteiger charge is 2.39. The second kappa shape index (κ2) is 4.19. The first kappa shape index (κ1) is 11.4. The largest absolute Gasteiger partial charge is 0.504 e. The normalized spacial score (nSPS) is 26.2. The minimum Gasteiger partial charge on any atom is -0.504 e. The Morgan fingerprint density at radius 3 is 3.06 bits per heavy atom. The van der Waals surface area contributed by atoms with Crippen LogP contribution in [-0.2, 0) is 9.57 Å². The molecule has 1 fully saturated rings. The monoisotopic (exact) mass is 249 g/mol. The van der Waals surface area contributed by atoms with Gasteiger partial charge in [0.05, 0.1) is 19.4 Å². The first-order valence-corrected chi connectivity index (χ1v) is 5.84. The van der Waals surface area contributed by atoms with Crippen molar-refractivity contribution in [2.45, 2.75) is 12.0 Å². The zero-order valence-electron chi connectivity index (χ0n) is 10.1. The van der Waals surface area contributed by atoms with Crippen LogP contribution in [0.5, 0.6) is 11.5 Å². The third kappa shape index (κ3) is 1.81. The Bertz CT molecular complexity index is 492. The lowest BCUT2D eigenvalue weighted by Crippen LogP contribution is -2.29. The topological polar surface area (TPSA) is 60.0 Å². The molecule has 0 bridgehead atoms. The van der Waals surface area contributed by atoms with Crippen molar-refractivity contribution in [1.29, 1.82) is 0 Å². The van der Waals surface area contributed by atoms with Gasteiger partial charge in [-0.3, -0.25) is 10.3 Å². The van der Waals surface area contributed by atoms with Crippen LogP contribution in [-0.4, -0.2) is 31.0 Å². The van der Waals surface area contributed by atoms with Gasteiger partial charge in [-0.05, 0) is 24.3 Å². The maximum atomic E-state index is 9.57. The Kier molecular flexibility index (Phi) is 2.65. The standard InChI is InChI=1S/C13H15NO4/c1-16-12-6-9(2-3-11(12)15)10-7-13(18-14-10)4-5-17-8-13/h2-3,6-7,14-15H,4-5,8H2,1H3. The molecule has 5 heteroatoms. The average molecular weight is 249 g/mol. The van der Waals surface area contributed by atoms with Gasteiger partial charge in [0.1, 0.15) is 5.60 Å². The first-order chi connectivity index (χ1) is 8.72. The fourth-order valence-electron chi connectivity index (χ4n) is 2.22. The molecule has 0 amide bonds. The van der Waals surface area contributed by atoms with E-state index in [1.807, 2.05) is 12.1 Å². The lowest BCUT2D eigenvalue weighted by molar-refractivity contribution is -0.0373. The highest BCUT2D eigenvalue weighted by atomic mass is 16.7. The molecular formula is C13H15NO4. The van der Waals surface area contributed by atoms with Gasteiger partial charge in [-0.2, -0.15) is 0 Å². The van der Waals surface area contributed by atoms with Crippen molar-refractivity contribution in [2.24, 2.45) is 0 Å². The smallest absolute Gasteiger partial charge is 0.161 e. The molecule has 1 saturated heterocycles. The van der Waals surface area contributed by atoms with E-state index in [0.717, 1.165) is 17.7 Å². The third-order valence-corrected chi connectivity index (χ3v) is 3.28. The van der Waals surface area contributed by atoms with Crippen LogP contribution >= 0.6 is 0 Å². The maximum absolute atomic E-state index is 9.57. The summed E-state index contributed by atoms with van der Waals surface area (Å²) in [5.74, 6) is 0.568. The van der Waals surface area contributed by atoms with Crippen molar-refractivity contribution in [1.82, 2.24) is 5.48 Å². The van der Waals surface area contributed by atoms with Crippen molar-refractivity contribution in [3.8, 4) is 11.5 Å². The molecule has 1 atom stereocenters. The van der Waals surface area contributed by atoms with Crippen LogP contribution in [0.15, 0.2) is 24.3 Å². The van der Waals surface area contributed by atoms with Gasteiger partial charge in [0.2, 0.25) is 0 Å². The lowest BCUT2D eigenvalue weighted by atomic mass is 10.0. The Balaban J connectivity index is 1.91. The van der Waals surface area contributed by atoms with E-state index in [9.17, 15) is 5.11 Å². The molecule has 1 unspecified atom stereocenters. The summed E-state index contributed by atoms with van der Waals surface area (Å²) in [6, 6.07) is 5.19. The molecule has 18 heavy (non-hydrogen) atoms. The number of methoxy groups -OCH3 is 1. The molecule has 1 aromatic carbocycles. The SMILES string of the molecule is COc1cc(C2=CC3(CCOC3)ON2)ccc1O. The lowest BCUT2D eigenvalue weighted by Gasteiger charge is -2.15. The summed E-state index contributed by atoms with van der Waals surface area (Å²) in [6.07, 6.45) is 2.88. The zero-order valence-corrected chi connectivity index (χ0v) is 10.1. The van der Waals surface area contributed by atoms with Crippen LogP contribution in [0.4, 0.5) is 0 Å². The fourth-order valence-corrected chi connectivity index (χ4v) is 2.22. The van der Waals surface area contributed by atoms with E-state index in [1.165, 1.54) is 7.11 Å². The summed E-state index contributed by atoms with van der Waals surface area (Å²) < 4.78 is 10.4. The van der Waals surface area contributed by atoms with Crippen LogP contribution < -0.4 is 10.2 Å². The molecule has 2 heterocycles. The van der Waals surface area contributed by atoms with E-state index in [0.29, 0.717) is 19.0 Å². The molecule has 2 aliphatic rings. The van der Waals surface area contributed by atoms with Gasteiger partial charge >= 0.3 is 0 Å². The number of nitrogens with one attached hydrogen (secondary N) is 1. The second-order valence-electron chi connectivity index (χ2n) is 4.52. The van der Waals surface area contributed by atoms with Crippen molar-refractivity contribution >= 4 is 5.70 Å². The highest BCUT2D eigenvalue weighted by molar-refractivity contribution is 5.68. The van der Waals surface area contributed by atoms with E-state index in [-0.39, 0.29) is 11.4 Å². The molecule has 96 valence electrons. The number of aromatic hydroxyl groups is 1. The summed E-state index contributed by atoms with van der Waals surface area (Å²) in [5, 5.41) is 9.57. The van der Waals surface area contributed by atoms with E-state index in [4.69, 9.17) is 14.3 Å². The molecule has 0 radical (unpaired) electrons. The molecule has 2 N–H and O–H groups in total. The number of benzene rings is 1. The Hall–Kier alpha value is -1.72. The van der Waals surface area contributed by atoms with Gasteiger partial charge in [0.25, 0.3) is 0 Å². The summed E-state index contributed by atoms with van der Waals surface area (Å²) in [5.41, 5.74) is 4.36. The molecule has 0 aromatic heterocycles. The molecule has 0 aliphatic carbocycles. The number of hydrogen-bond acceptors (Lipinski definition) is 5. The van der Waals surface area contributed by atoms with Crippen molar-refractivity contribution in [3.63, 3.8) is 0 Å². The number of phenols is 1. The highest BCUT2D eigenvalue weighted by Crippen LogP contribution is 2.35. The number of phenolic OH excluding ortho intramolecular Hbond substituents is 1. The van der Waals surface area contributed by atoms with Crippen LogP contribution in [0, 0.1) is 0 Å². The van der Waals surface area contributed by atoms with Gasteiger partial charge in [-0.25, -0.2) is 0 Å². The number of rotatable bonds is 2. The second-order valence-corrected chi connectivity index (χ2v) is 4.52. The van der Waals surface area contributed by atoms with Crippen molar-refractivity contribution in [3.05, 3.63) is 29.8 Å². The van der Waals surface area contributed by atoms with Crippen LogP contribution in [0.3, 0.4) is 0 Å². The molecule has 3 rings (SSSR count). The Labute approximate surface area is 105 Å². The Morgan fingerprint density at radius 2 is 2.33 bits per heavy atom. The minimum atomic E-state index is -0.347. The summed E-state index contributed by atoms with van der Waals surface area (Å²) in [4.78, 5) is 5.60. The third-order valence-electron chi connectivity index (χ3n) is 3.28. The molecule has 2 aliphatic heterocycles. The fraction of sp³-hybridized carbons (Fsp3) is 0.385. The predicted octanol–water partition coefficient (Wildman–Crippen LogP) is 1.44. The maximum Gasteiger partial charge on any atom is 0.161 e. The summed E-state index contributed by atoms with van der Waals surface area (Å²) >= 11 is 0. The van der Waals surface area contributed by atoms with Crippen molar-refractivity contribution in [2.75, 3.05) is 20.3 Å². The molecule has 1 spiro atoms. The summed E-state index contributed by atoms with van der Waals surface area (Å²) in [6.45, 7) is 1.28. The van der Waals surface area contributed by atoms with E-state index >= 15 is 0 Å². The number of hydroxylamine groups is 1. The van der Waals surface area contributed by atoms with Crippen LogP contribution in [0.2, 0.25) is 0 Å². The van der Waals surface area contributed by atoms with Gasteiger partial charge in [-0.1, -0.05) is 0 Å². The molecule has 5 nitrogen and oxygen atoms in total. The average Bonchev–Trinajstić information content (AvgIpc) is 3.01. The van der Waals surface area contributed by atoms with Gasteiger partial charge in [-0.15, -0.1) is 0 Å². The van der Waals surface area contributed by atoms with Gasteiger partial charge in [0, 0.05) is 18.6 Å². The van der Waals surface area contributed by atoms with E-state index in [2.05, 4.69) is 5.48 Å². The molecule has 1 aromatic rings. The zero-order chi connectivity index (χ0) is 12.6.